The van der Waals surface area contributed by atoms with Gasteiger partial charge in [0.1, 0.15) is 0 Å². The van der Waals surface area contributed by atoms with Crippen LogP contribution in [0.1, 0.15) is 20.8 Å². The lowest BCUT2D eigenvalue weighted by Gasteiger charge is -2.08. The van der Waals surface area contributed by atoms with Crippen LogP contribution >= 0.6 is 0 Å². The summed E-state index contributed by atoms with van der Waals surface area (Å²) < 4.78 is 0. The van der Waals surface area contributed by atoms with Crippen LogP contribution in [-0.2, 0) is 0 Å². The second-order valence-electron chi connectivity index (χ2n) is 2.92. The van der Waals surface area contributed by atoms with E-state index in [-0.39, 0.29) is 0 Å². The topological polar surface area (TPSA) is 20.2 Å². The van der Waals surface area contributed by atoms with Crippen LogP contribution in [0.2, 0.25) is 0 Å². The molecule has 0 aliphatic carbocycles. The van der Waals surface area contributed by atoms with Gasteiger partial charge in [-0.25, -0.2) is 0 Å². The molecular formula is C10H16O. The van der Waals surface area contributed by atoms with Crippen LogP contribution in [0.25, 0.3) is 0 Å². The van der Waals surface area contributed by atoms with Gasteiger partial charge in [0.15, 0.2) is 0 Å². The van der Waals surface area contributed by atoms with E-state index in [2.05, 4.69) is 0 Å². The van der Waals surface area contributed by atoms with Gasteiger partial charge in [-0.15, -0.1) is 0 Å². The lowest BCUT2D eigenvalue weighted by atomic mass is 10.1. The van der Waals surface area contributed by atoms with Crippen molar-refractivity contribution in [1.29, 1.82) is 0 Å². The second kappa shape index (κ2) is 4.91. The highest BCUT2D eigenvalue weighted by molar-refractivity contribution is 5.12. The summed E-state index contributed by atoms with van der Waals surface area (Å²) >= 11 is 0. The summed E-state index contributed by atoms with van der Waals surface area (Å²) in [6.07, 6.45) is 11.3. The molecule has 0 aromatic carbocycles. The normalized spacial score (nSPS) is 14.2. The molecule has 0 heterocycles. The van der Waals surface area contributed by atoms with Crippen LogP contribution in [0.15, 0.2) is 36.5 Å². The lowest BCUT2D eigenvalue weighted by Crippen LogP contribution is -2.13. The van der Waals surface area contributed by atoms with Crippen molar-refractivity contribution >= 4 is 0 Å². The van der Waals surface area contributed by atoms with Crippen molar-refractivity contribution in [2.24, 2.45) is 0 Å². The van der Waals surface area contributed by atoms with Crippen LogP contribution in [0.4, 0.5) is 0 Å². The van der Waals surface area contributed by atoms with Crippen molar-refractivity contribution in [2.75, 3.05) is 0 Å². The molecule has 1 heteroatoms. The molecule has 0 aliphatic rings. The first kappa shape index (κ1) is 10.2. The lowest BCUT2D eigenvalue weighted by molar-refractivity contribution is 0.133. The fraction of sp³-hybridized carbons (Fsp3) is 0.400. The summed E-state index contributed by atoms with van der Waals surface area (Å²) in [6.45, 7) is 5.45. The van der Waals surface area contributed by atoms with Gasteiger partial charge in [0.25, 0.3) is 0 Å². The third-order valence-electron chi connectivity index (χ3n) is 1.03. The zero-order valence-corrected chi connectivity index (χ0v) is 7.41. The smallest absolute Gasteiger partial charge is 0.0774 e. The molecule has 0 amide bonds. The average molecular weight is 152 g/mol. The van der Waals surface area contributed by atoms with Crippen molar-refractivity contribution in [1.82, 2.24) is 0 Å². The van der Waals surface area contributed by atoms with Crippen LogP contribution < -0.4 is 0 Å². The molecule has 0 unspecified atom stereocenters. The number of hydrogen-bond donors (Lipinski definition) is 1. The molecule has 0 saturated heterocycles. The van der Waals surface area contributed by atoms with Gasteiger partial charge in [0, 0.05) is 0 Å². The summed E-state index contributed by atoms with van der Waals surface area (Å²) in [5.74, 6) is 0. The highest BCUT2D eigenvalue weighted by atomic mass is 16.3. The number of hydrogen-bond acceptors (Lipinski definition) is 1. The number of allylic oxidation sites excluding steroid dienone is 5. The largest absolute Gasteiger partial charge is 0.386 e. The highest BCUT2D eigenvalue weighted by Gasteiger charge is 2.03. The Bertz CT molecular complexity index is 168. The maximum atomic E-state index is 9.24. The maximum absolute atomic E-state index is 9.24. The predicted molar refractivity (Wildman–Crippen MR) is 49.4 cm³/mol. The van der Waals surface area contributed by atoms with E-state index in [0.29, 0.717) is 0 Å². The van der Waals surface area contributed by atoms with Crippen LogP contribution in [0, 0.1) is 0 Å². The third kappa shape index (κ3) is 9.18. The van der Waals surface area contributed by atoms with Crippen molar-refractivity contribution in [3.05, 3.63) is 36.5 Å². The van der Waals surface area contributed by atoms with Crippen molar-refractivity contribution in [3.63, 3.8) is 0 Å². The van der Waals surface area contributed by atoms with Gasteiger partial charge in [-0.3, -0.25) is 0 Å². The first-order valence-corrected chi connectivity index (χ1v) is 3.76. The highest BCUT2D eigenvalue weighted by Crippen LogP contribution is 2.01. The van der Waals surface area contributed by atoms with Crippen LogP contribution in [-0.4, -0.2) is 10.7 Å². The van der Waals surface area contributed by atoms with Gasteiger partial charge in [0.2, 0.25) is 0 Å². The van der Waals surface area contributed by atoms with E-state index in [1.54, 1.807) is 19.9 Å². The minimum absolute atomic E-state index is 0.708. The zero-order valence-electron chi connectivity index (χ0n) is 7.41. The van der Waals surface area contributed by atoms with Crippen molar-refractivity contribution in [3.8, 4) is 0 Å². The molecule has 0 aliphatic heterocycles. The average Bonchev–Trinajstić information content (AvgIpc) is 1.85. The molecule has 0 aromatic heterocycles. The summed E-state index contributed by atoms with van der Waals surface area (Å²) in [5, 5.41) is 9.24. The van der Waals surface area contributed by atoms with Gasteiger partial charge in [0.05, 0.1) is 5.60 Å². The molecule has 11 heavy (non-hydrogen) atoms. The van der Waals surface area contributed by atoms with Crippen molar-refractivity contribution < 1.29 is 5.11 Å². The first-order valence-electron chi connectivity index (χ1n) is 3.76. The Hall–Kier alpha value is -0.820. The molecule has 1 N–H and O–H groups in total. The van der Waals surface area contributed by atoms with Crippen LogP contribution in [0.5, 0.6) is 0 Å². The molecule has 0 bridgehead atoms. The Morgan fingerprint density at radius 2 is 1.55 bits per heavy atom. The van der Waals surface area contributed by atoms with Gasteiger partial charge in [-0.2, -0.15) is 0 Å². The van der Waals surface area contributed by atoms with E-state index in [0.717, 1.165) is 0 Å². The Morgan fingerprint density at radius 1 is 1.00 bits per heavy atom. The van der Waals surface area contributed by atoms with Gasteiger partial charge < -0.3 is 5.11 Å². The van der Waals surface area contributed by atoms with E-state index in [4.69, 9.17) is 0 Å². The SMILES string of the molecule is C/C=C/C=C/C=C/C(C)(C)O. The second-order valence-corrected chi connectivity index (χ2v) is 2.92. The maximum Gasteiger partial charge on any atom is 0.0774 e. The van der Waals surface area contributed by atoms with E-state index < -0.39 is 5.60 Å². The number of rotatable bonds is 3. The number of aliphatic hydroxyl groups is 1. The van der Waals surface area contributed by atoms with Crippen LogP contribution in [0.3, 0.4) is 0 Å². The summed E-state index contributed by atoms with van der Waals surface area (Å²) in [5.41, 5.74) is -0.708. The fourth-order valence-corrected chi connectivity index (χ4v) is 0.530. The molecule has 62 valence electrons. The van der Waals surface area contributed by atoms with E-state index in [9.17, 15) is 5.11 Å². The molecule has 0 saturated carbocycles. The monoisotopic (exact) mass is 152 g/mol. The third-order valence-corrected chi connectivity index (χ3v) is 1.03. The quantitative estimate of drug-likeness (QED) is 0.616. The fourth-order valence-electron chi connectivity index (χ4n) is 0.530. The standard InChI is InChI=1S/C10H16O/c1-4-5-6-7-8-9-10(2,3)11/h4-9,11H,1-3H3/b5-4+,7-6+,9-8+. The molecule has 0 aromatic rings. The molecule has 0 spiro atoms. The first-order chi connectivity index (χ1) is 5.06. The van der Waals surface area contributed by atoms with Gasteiger partial charge >= 0.3 is 0 Å². The van der Waals surface area contributed by atoms with Gasteiger partial charge in [-0.05, 0) is 20.8 Å². The Labute approximate surface area is 68.7 Å². The Kier molecular flexibility index (Phi) is 4.55. The Morgan fingerprint density at radius 3 is 2.00 bits per heavy atom. The predicted octanol–water partition coefficient (Wildman–Crippen LogP) is 2.45. The summed E-state index contributed by atoms with van der Waals surface area (Å²) in [4.78, 5) is 0. The van der Waals surface area contributed by atoms with E-state index in [1.165, 1.54) is 0 Å². The minimum atomic E-state index is -0.708. The van der Waals surface area contributed by atoms with E-state index in [1.807, 2.05) is 37.3 Å². The van der Waals surface area contributed by atoms with Gasteiger partial charge in [-0.1, -0.05) is 36.5 Å². The Balaban J connectivity index is 3.78. The zero-order chi connectivity index (χ0) is 8.74. The summed E-state index contributed by atoms with van der Waals surface area (Å²) in [7, 11) is 0. The summed E-state index contributed by atoms with van der Waals surface area (Å²) in [6, 6.07) is 0. The molecule has 0 radical (unpaired) electrons. The minimum Gasteiger partial charge on any atom is -0.386 e. The van der Waals surface area contributed by atoms with E-state index >= 15 is 0 Å². The molecular weight excluding hydrogens is 136 g/mol. The molecule has 0 rings (SSSR count). The molecule has 0 fully saturated rings. The molecule has 1 nitrogen and oxygen atoms in total. The molecule has 0 atom stereocenters. The van der Waals surface area contributed by atoms with Crippen molar-refractivity contribution in [2.45, 2.75) is 26.4 Å².